The van der Waals surface area contributed by atoms with Gasteiger partial charge in [0.05, 0.1) is 17.0 Å². The lowest BCUT2D eigenvalue weighted by Gasteiger charge is -2.22. The van der Waals surface area contributed by atoms with Crippen LogP contribution in [-0.4, -0.2) is 20.7 Å². The van der Waals surface area contributed by atoms with E-state index in [1.54, 1.807) is 0 Å². The lowest BCUT2D eigenvalue weighted by molar-refractivity contribution is -0.137. The Hall–Kier alpha value is -1.28. The van der Waals surface area contributed by atoms with Crippen molar-refractivity contribution in [1.29, 1.82) is 0 Å². The third-order valence-electron chi connectivity index (χ3n) is 2.97. The first-order valence-electron chi connectivity index (χ1n) is 5.66. The maximum Gasteiger partial charge on any atom is 0.418 e. The number of hydrogen-bond donors (Lipinski definition) is 1. The monoisotopic (exact) mass is 294 g/mol. The minimum Gasteiger partial charge on any atom is -0.326 e. The van der Waals surface area contributed by atoms with Gasteiger partial charge in [0.15, 0.2) is 0 Å². The van der Waals surface area contributed by atoms with Gasteiger partial charge >= 0.3 is 6.18 Å². The van der Waals surface area contributed by atoms with E-state index in [0.29, 0.717) is 12.0 Å². The average molecular weight is 294 g/mol. The maximum atomic E-state index is 13.0. The molecule has 1 aliphatic rings. The third-order valence-corrected chi connectivity index (χ3v) is 4.83. The molecule has 1 aromatic carbocycles. The number of hydrogen-bond acceptors (Lipinski definition) is 3. The van der Waals surface area contributed by atoms with Gasteiger partial charge in [0, 0.05) is 13.1 Å². The SMILES string of the molecule is NCc1ccc(N2CCCS2(=O)=O)c(C(F)(F)F)c1. The van der Waals surface area contributed by atoms with Gasteiger partial charge in [0.25, 0.3) is 0 Å². The molecule has 1 saturated heterocycles. The molecule has 0 atom stereocenters. The Bertz CT molecular complexity index is 584. The van der Waals surface area contributed by atoms with Crippen molar-refractivity contribution < 1.29 is 21.6 Å². The maximum absolute atomic E-state index is 13.0. The first kappa shape index (κ1) is 14.1. The molecular formula is C11H13F3N2O2S. The quantitative estimate of drug-likeness (QED) is 0.903. The van der Waals surface area contributed by atoms with Crippen LogP contribution in [0.3, 0.4) is 0 Å². The number of sulfonamides is 1. The predicted molar refractivity (Wildman–Crippen MR) is 65.1 cm³/mol. The van der Waals surface area contributed by atoms with Crippen molar-refractivity contribution >= 4 is 15.7 Å². The number of rotatable bonds is 2. The summed E-state index contributed by atoms with van der Waals surface area (Å²) in [4.78, 5) is 0. The number of halogens is 3. The zero-order valence-corrected chi connectivity index (χ0v) is 10.8. The van der Waals surface area contributed by atoms with Crippen LogP contribution in [0.5, 0.6) is 0 Å². The predicted octanol–water partition coefficient (Wildman–Crippen LogP) is 1.70. The highest BCUT2D eigenvalue weighted by molar-refractivity contribution is 7.93. The largest absolute Gasteiger partial charge is 0.418 e. The highest BCUT2D eigenvalue weighted by Gasteiger charge is 2.39. The van der Waals surface area contributed by atoms with Crippen LogP contribution in [0.2, 0.25) is 0 Å². The molecule has 0 bridgehead atoms. The van der Waals surface area contributed by atoms with Gasteiger partial charge in [-0.15, -0.1) is 0 Å². The summed E-state index contributed by atoms with van der Waals surface area (Å²) in [6.07, 6.45) is -4.28. The molecule has 0 radical (unpaired) electrons. The number of anilines is 1. The van der Waals surface area contributed by atoms with Crippen LogP contribution in [0.1, 0.15) is 17.5 Å². The summed E-state index contributed by atoms with van der Waals surface area (Å²) in [7, 11) is -3.64. The smallest absolute Gasteiger partial charge is 0.326 e. The van der Waals surface area contributed by atoms with Crippen LogP contribution < -0.4 is 10.0 Å². The molecule has 0 unspecified atom stereocenters. The molecule has 1 fully saturated rings. The first-order chi connectivity index (χ1) is 8.75. The summed E-state index contributed by atoms with van der Waals surface area (Å²) in [6, 6.07) is 3.50. The molecule has 2 rings (SSSR count). The molecule has 106 valence electrons. The lowest BCUT2D eigenvalue weighted by Crippen LogP contribution is -2.28. The van der Waals surface area contributed by atoms with E-state index < -0.39 is 21.8 Å². The topological polar surface area (TPSA) is 63.4 Å². The summed E-state index contributed by atoms with van der Waals surface area (Å²) in [5.74, 6) is -0.122. The van der Waals surface area contributed by atoms with Crippen molar-refractivity contribution in [2.45, 2.75) is 19.1 Å². The summed E-state index contributed by atoms with van der Waals surface area (Å²) < 4.78 is 63.3. The van der Waals surface area contributed by atoms with Gasteiger partial charge in [-0.1, -0.05) is 6.07 Å². The molecule has 1 aromatic rings. The molecule has 0 aromatic heterocycles. The minimum absolute atomic E-state index is 0.0316. The van der Waals surface area contributed by atoms with Crippen LogP contribution >= 0.6 is 0 Å². The standard InChI is InChI=1S/C11H13F3N2O2S/c12-11(13,14)9-6-8(7-15)2-3-10(9)16-4-1-5-19(16,17)18/h2-3,6H,1,4-5,7,15H2. The number of nitrogens with two attached hydrogens (primary N) is 1. The van der Waals surface area contributed by atoms with Gasteiger partial charge in [-0.3, -0.25) is 4.31 Å². The van der Waals surface area contributed by atoms with Gasteiger partial charge in [0.2, 0.25) is 10.0 Å². The van der Waals surface area contributed by atoms with Crippen molar-refractivity contribution in [2.24, 2.45) is 5.73 Å². The Labute approximate surface area is 109 Å². The summed E-state index contributed by atoms with van der Waals surface area (Å²) in [6.45, 7) is 0.0451. The summed E-state index contributed by atoms with van der Waals surface area (Å²) >= 11 is 0. The fourth-order valence-electron chi connectivity index (χ4n) is 2.06. The Morgan fingerprint density at radius 2 is 2.00 bits per heavy atom. The molecule has 4 nitrogen and oxygen atoms in total. The zero-order valence-electron chi connectivity index (χ0n) is 9.94. The Kier molecular flexibility index (Phi) is 3.48. The highest BCUT2D eigenvalue weighted by atomic mass is 32.2. The summed E-state index contributed by atoms with van der Waals surface area (Å²) in [5, 5.41) is 0. The summed E-state index contributed by atoms with van der Waals surface area (Å²) in [5.41, 5.74) is 4.36. The molecule has 0 amide bonds. The van der Waals surface area contributed by atoms with E-state index in [9.17, 15) is 21.6 Å². The van der Waals surface area contributed by atoms with Crippen molar-refractivity contribution in [3.05, 3.63) is 29.3 Å². The Balaban J connectivity index is 2.57. The van der Waals surface area contributed by atoms with Crippen molar-refractivity contribution in [1.82, 2.24) is 0 Å². The van der Waals surface area contributed by atoms with E-state index >= 15 is 0 Å². The van der Waals surface area contributed by atoms with Gasteiger partial charge in [-0.25, -0.2) is 8.42 Å². The van der Waals surface area contributed by atoms with E-state index in [2.05, 4.69) is 0 Å². The van der Waals surface area contributed by atoms with Crippen molar-refractivity contribution in [2.75, 3.05) is 16.6 Å². The van der Waals surface area contributed by atoms with Gasteiger partial charge in [-0.05, 0) is 24.1 Å². The van der Waals surface area contributed by atoms with Crippen LogP contribution in [0, 0.1) is 0 Å². The molecule has 0 spiro atoms. The van der Waals surface area contributed by atoms with E-state index in [0.717, 1.165) is 10.4 Å². The fraction of sp³-hybridized carbons (Fsp3) is 0.455. The number of alkyl halides is 3. The van der Waals surface area contributed by atoms with E-state index in [1.165, 1.54) is 12.1 Å². The van der Waals surface area contributed by atoms with Crippen molar-refractivity contribution in [3.8, 4) is 0 Å². The van der Waals surface area contributed by atoms with E-state index in [4.69, 9.17) is 5.73 Å². The van der Waals surface area contributed by atoms with Gasteiger partial charge < -0.3 is 5.73 Å². The number of nitrogens with zero attached hydrogens (tertiary/aromatic N) is 1. The van der Waals surface area contributed by atoms with Crippen LogP contribution in [0.4, 0.5) is 18.9 Å². The molecule has 1 aliphatic heterocycles. The second kappa shape index (κ2) is 4.68. The molecule has 2 N–H and O–H groups in total. The van der Waals surface area contributed by atoms with Crippen LogP contribution in [-0.2, 0) is 22.7 Å². The van der Waals surface area contributed by atoms with E-state index in [1.807, 2.05) is 0 Å². The van der Waals surface area contributed by atoms with Crippen LogP contribution in [0.25, 0.3) is 0 Å². The van der Waals surface area contributed by atoms with Crippen molar-refractivity contribution in [3.63, 3.8) is 0 Å². The minimum atomic E-state index is -4.61. The number of benzene rings is 1. The highest BCUT2D eigenvalue weighted by Crippen LogP contribution is 2.39. The molecule has 1 heterocycles. The molecular weight excluding hydrogens is 281 g/mol. The normalized spacial score (nSPS) is 18.8. The molecule has 0 aliphatic carbocycles. The fourth-order valence-corrected chi connectivity index (χ4v) is 3.65. The average Bonchev–Trinajstić information content (AvgIpc) is 2.67. The molecule has 0 saturated carbocycles. The molecule has 8 heteroatoms. The Morgan fingerprint density at radius 3 is 2.47 bits per heavy atom. The zero-order chi connectivity index (χ0) is 14.3. The Morgan fingerprint density at radius 1 is 1.32 bits per heavy atom. The van der Waals surface area contributed by atoms with Crippen LogP contribution in [0.15, 0.2) is 18.2 Å². The molecule has 19 heavy (non-hydrogen) atoms. The van der Waals surface area contributed by atoms with Gasteiger partial charge in [-0.2, -0.15) is 13.2 Å². The second-order valence-electron chi connectivity index (χ2n) is 4.30. The third kappa shape index (κ3) is 2.69. The lowest BCUT2D eigenvalue weighted by atomic mass is 10.1. The van der Waals surface area contributed by atoms with E-state index in [-0.39, 0.29) is 24.5 Å². The first-order valence-corrected chi connectivity index (χ1v) is 7.27. The second-order valence-corrected chi connectivity index (χ2v) is 6.31. The van der Waals surface area contributed by atoms with Gasteiger partial charge in [0.1, 0.15) is 0 Å².